The van der Waals surface area contributed by atoms with Gasteiger partial charge in [0.05, 0.1) is 11.7 Å². The van der Waals surface area contributed by atoms with E-state index in [1.165, 1.54) is 12.3 Å². The molecule has 1 aromatic carbocycles. The van der Waals surface area contributed by atoms with E-state index in [2.05, 4.69) is 9.97 Å². The molecule has 0 aliphatic rings. The number of thiazole rings is 1. The third kappa shape index (κ3) is 3.15. The lowest BCUT2D eigenvalue weighted by Crippen LogP contribution is -2.15. The Bertz CT molecular complexity index is 866. The van der Waals surface area contributed by atoms with Crippen LogP contribution in [0, 0.1) is 0 Å². The van der Waals surface area contributed by atoms with Crippen molar-refractivity contribution in [3.63, 3.8) is 0 Å². The highest BCUT2D eigenvalue weighted by Crippen LogP contribution is 2.22. The number of hydrogen-bond donors (Lipinski definition) is 2. The van der Waals surface area contributed by atoms with E-state index >= 15 is 0 Å². The van der Waals surface area contributed by atoms with E-state index < -0.39 is 12.1 Å². The molecular weight excluding hydrogens is 316 g/mol. The summed E-state index contributed by atoms with van der Waals surface area (Å²) in [5.74, 6) is -0.901. The number of esters is 1. The third-order valence-corrected chi connectivity index (χ3v) is 4.04. The highest BCUT2D eigenvalue weighted by Gasteiger charge is 2.20. The van der Waals surface area contributed by atoms with Crippen LogP contribution in [0.5, 0.6) is 0 Å². The van der Waals surface area contributed by atoms with E-state index in [1.54, 1.807) is 6.20 Å². The number of aliphatic hydroxyl groups is 1. The van der Waals surface area contributed by atoms with Crippen molar-refractivity contribution in [1.82, 2.24) is 9.97 Å². The van der Waals surface area contributed by atoms with Gasteiger partial charge in [0.15, 0.2) is 10.7 Å². The lowest BCUT2D eigenvalue weighted by Gasteiger charge is -2.04. The van der Waals surface area contributed by atoms with Crippen molar-refractivity contribution in [2.45, 2.75) is 13.0 Å². The molecule has 2 aromatic heterocycles. The van der Waals surface area contributed by atoms with Gasteiger partial charge in [-0.1, -0.05) is 18.2 Å². The lowest BCUT2D eigenvalue weighted by molar-refractivity contribution is 0.0291. The van der Waals surface area contributed by atoms with Crippen molar-refractivity contribution in [2.24, 2.45) is 0 Å². The second kappa shape index (κ2) is 6.31. The summed E-state index contributed by atoms with van der Waals surface area (Å²) in [6.45, 7) is 1.41. The van der Waals surface area contributed by atoms with E-state index in [0.29, 0.717) is 5.56 Å². The summed E-state index contributed by atoms with van der Waals surface area (Å²) in [6, 6.07) is 7.47. The molecule has 0 spiro atoms. The number of aromatic amines is 1. The first-order valence-electron chi connectivity index (χ1n) is 6.98. The van der Waals surface area contributed by atoms with E-state index in [-0.39, 0.29) is 23.1 Å². The molecule has 0 fully saturated rings. The predicted octanol–water partition coefficient (Wildman–Crippen LogP) is 2.39. The highest BCUT2D eigenvalue weighted by molar-refractivity contribution is 7.12. The Morgan fingerprint density at radius 3 is 2.96 bits per heavy atom. The lowest BCUT2D eigenvalue weighted by atomic mass is 10.1. The minimum atomic E-state index is -0.745. The molecule has 0 saturated heterocycles. The number of nitrogens with one attached hydrogen (secondary N) is 1. The van der Waals surface area contributed by atoms with Gasteiger partial charge in [0.25, 0.3) is 0 Å². The maximum Gasteiger partial charge on any atom is 0.357 e. The second-order valence-electron chi connectivity index (χ2n) is 5.06. The van der Waals surface area contributed by atoms with Crippen molar-refractivity contribution < 1.29 is 19.4 Å². The van der Waals surface area contributed by atoms with Crippen molar-refractivity contribution >= 4 is 34.0 Å². The fourth-order valence-electron chi connectivity index (χ4n) is 2.12. The van der Waals surface area contributed by atoms with Crippen molar-refractivity contribution in [2.75, 3.05) is 6.61 Å². The molecule has 0 aliphatic carbocycles. The number of H-pyrrole nitrogens is 1. The van der Waals surface area contributed by atoms with Crippen LogP contribution in [-0.4, -0.2) is 39.5 Å². The number of aromatic nitrogens is 2. The summed E-state index contributed by atoms with van der Waals surface area (Å²) in [7, 11) is 0. The third-order valence-electron chi connectivity index (χ3n) is 3.20. The first-order valence-corrected chi connectivity index (χ1v) is 7.85. The monoisotopic (exact) mass is 330 g/mol. The van der Waals surface area contributed by atoms with Gasteiger partial charge in [0, 0.05) is 22.5 Å². The van der Waals surface area contributed by atoms with Crippen molar-refractivity contribution in [1.29, 1.82) is 0 Å². The number of benzene rings is 1. The SMILES string of the molecule is CC(O)COC(=O)c1csc(C(=O)c2c[nH]c3ccccc23)n1. The average Bonchev–Trinajstić information content (AvgIpc) is 3.19. The Balaban J connectivity index is 1.82. The van der Waals surface area contributed by atoms with Crippen LogP contribution in [-0.2, 0) is 4.74 Å². The topological polar surface area (TPSA) is 92.3 Å². The number of carbonyl (C=O) groups excluding carboxylic acids is 2. The Morgan fingerprint density at radius 1 is 1.39 bits per heavy atom. The summed E-state index contributed by atoms with van der Waals surface area (Å²) in [5, 5.41) is 11.6. The number of ether oxygens (including phenoxy) is 1. The summed E-state index contributed by atoms with van der Waals surface area (Å²) in [5.41, 5.74) is 1.45. The number of para-hydroxylation sites is 1. The van der Waals surface area contributed by atoms with Gasteiger partial charge < -0.3 is 14.8 Å². The summed E-state index contributed by atoms with van der Waals surface area (Å²) >= 11 is 1.09. The molecule has 7 heteroatoms. The molecule has 6 nitrogen and oxygen atoms in total. The van der Waals surface area contributed by atoms with E-state index in [0.717, 1.165) is 22.2 Å². The molecule has 1 unspecified atom stereocenters. The molecule has 3 aromatic rings. The van der Waals surface area contributed by atoms with Crippen LogP contribution >= 0.6 is 11.3 Å². The number of aliphatic hydroxyl groups excluding tert-OH is 1. The largest absolute Gasteiger partial charge is 0.458 e. The Labute approximate surface area is 135 Å². The van der Waals surface area contributed by atoms with Gasteiger partial charge in [0.2, 0.25) is 5.78 Å². The molecule has 0 bridgehead atoms. The van der Waals surface area contributed by atoms with Crippen LogP contribution < -0.4 is 0 Å². The van der Waals surface area contributed by atoms with Gasteiger partial charge in [0.1, 0.15) is 6.61 Å². The Kier molecular flexibility index (Phi) is 4.22. The molecule has 118 valence electrons. The first-order chi connectivity index (χ1) is 11.1. The van der Waals surface area contributed by atoms with Crippen LogP contribution in [0.15, 0.2) is 35.8 Å². The summed E-state index contributed by atoms with van der Waals surface area (Å²) in [6.07, 6.45) is 0.893. The summed E-state index contributed by atoms with van der Waals surface area (Å²) in [4.78, 5) is 31.4. The van der Waals surface area contributed by atoms with Gasteiger partial charge >= 0.3 is 5.97 Å². The van der Waals surface area contributed by atoms with Crippen LogP contribution in [0.1, 0.15) is 32.8 Å². The molecule has 1 atom stereocenters. The van der Waals surface area contributed by atoms with E-state index in [4.69, 9.17) is 9.84 Å². The fraction of sp³-hybridized carbons (Fsp3) is 0.188. The van der Waals surface area contributed by atoms with Crippen LogP contribution in [0.4, 0.5) is 0 Å². The highest BCUT2D eigenvalue weighted by atomic mass is 32.1. The van der Waals surface area contributed by atoms with Gasteiger partial charge in [-0.25, -0.2) is 9.78 Å². The van der Waals surface area contributed by atoms with Crippen LogP contribution in [0.2, 0.25) is 0 Å². The zero-order valence-corrected chi connectivity index (χ0v) is 13.1. The smallest absolute Gasteiger partial charge is 0.357 e. The average molecular weight is 330 g/mol. The molecular formula is C16H14N2O4S. The van der Waals surface area contributed by atoms with Gasteiger partial charge in [-0.15, -0.1) is 11.3 Å². The van der Waals surface area contributed by atoms with Crippen molar-refractivity contribution in [3.8, 4) is 0 Å². The van der Waals surface area contributed by atoms with Gasteiger partial charge in [-0.2, -0.15) is 0 Å². The normalized spacial score (nSPS) is 12.3. The Hall–Kier alpha value is -2.51. The molecule has 0 radical (unpaired) electrons. The molecule has 3 rings (SSSR count). The molecule has 0 aliphatic heterocycles. The Morgan fingerprint density at radius 2 is 2.17 bits per heavy atom. The molecule has 0 amide bonds. The minimum absolute atomic E-state index is 0.0684. The fourth-order valence-corrected chi connectivity index (χ4v) is 2.86. The molecule has 0 saturated carbocycles. The number of hydrogen-bond acceptors (Lipinski definition) is 6. The zero-order chi connectivity index (χ0) is 16.4. The van der Waals surface area contributed by atoms with Gasteiger partial charge in [-0.3, -0.25) is 4.79 Å². The second-order valence-corrected chi connectivity index (χ2v) is 5.92. The maximum atomic E-state index is 12.6. The minimum Gasteiger partial charge on any atom is -0.458 e. The number of rotatable bonds is 5. The standard InChI is InChI=1S/C16H14N2O4S/c1-9(19)7-22-16(21)13-8-23-15(18-13)14(20)11-6-17-12-5-3-2-4-10(11)12/h2-6,8-9,17,19H,7H2,1H3. The predicted molar refractivity (Wildman–Crippen MR) is 85.8 cm³/mol. The number of ketones is 1. The summed E-state index contributed by atoms with van der Waals surface area (Å²) < 4.78 is 4.88. The van der Waals surface area contributed by atoms with Crippen molar-refractivity contribution in [3.05, 3.63) is 52.1 Å². The quantitative estimate of drug-likeness (QED) is 0.553. The maximum absolute atomic E-state index is 12.6. The zero-order valence-electron chi connectivity index (χ0n) is 12.3. The molecule has 2 N–H and O–H groups in total. The number of fused-ring (bicyclic) bond motifs is 1. The van der Waals surface area contributed by atoms with E-state index in [9.17, 15) is 9.59 Å². The number of nitrogens with zero attached hydrogens (tertiary/aromatic N) is 1. The van der Waals surface area contributed by atoms with Crippen LogP contribution in [0.3, 0.4) is 0 Å². The first kappa shape index (κ1) is 15.4. The van der Waals surface area contributed by atoms with Gasteiger partial charge in [-0.05, 0) is 13.0 Å². The number of carbonyl (C=O) groups is 2. The van der Waals surface area contributed by atoms with Crippen LogP contribution in [0.25, 0.3) is 10.9 Å². The van der Waals surface area contributed by atoms with E-state index in [1.807, 2.05) is 24.3 Å². The molecule has 2 heterocycles. The molecule has 23 heavy (non-hydrogen) atoms.